The molecule has 0 amide bonds. The first kappa shape index (κ1) is 9.93. The maximum absolute atomic E-state index is 12.2. The van der Waals surface area contributed by atoms with Crippen LogP contribution in [-0.4, -0.2) is 11.6 Å². The van der Waals surface area contributed by atoms with Gasteiger partial charge in [0.15, 0.2) is 11.6 Å². The molecule has 16 heavy (non-hydrogen) atoms. The standard InChI is InChI=1S/C12H8O2S2/c1-5-9-10(6(2)16-5)12(14)8-4-15-3-7(8)11(9)13/h3-4H,1-2H3. The van der Waals surface area contributed by atoms with Crippen molar-refractivity contribution in [1.29, 1.82) is 0 Å². The van der Waals surface area contributed by atoms with Crippen molar-refractivity contribution in [3.63, 3.8) is 0 Å². The van der Waals surface area contributed by atoms with Crippen LogP contribution < -0.4 is 0 Å². The number of rotatable bonds is 0. The fourth-order valence-corrected chi connectivity index (χ4v) is 4.01. The Kier molecular flexibility index (Phi) is 1.94. The van der Waals surface area contributed by atoms with Gasteiger partial charge in [0.05, 0.1) is 0 Å². The topological polar surface area (TPSA) is 34.1 Å². The molecule has 0 spiro atoms. The summed E-state index contributed by atoms with van der Waals surface area (Å²) in [5.74, 6) is 0.0143. The Morgan fingerprint density at radius 1 is 0.875 bits per heavy atom. The third-order valence-corrected chi connectivity index (χ3v) is 4.63. The van der Waals surface area contributed by atoms with E-state index >= 15 is 0 Å². The number of ketones is 2. The molecule has 2 aromatic heterocycles. The molecule has 0 bridgehead atoms. The first-order valence-corrected chi connectivity index (χ1v) is 6.62. The van der Waals surface area contributed by atoms with E-state index in [0.29, 0.717) is 22.3 Å². The van der Waals surface area contributed by atoms with Crippen LogP contribution in [0.5, 0.6) is 0 Å². The number of hydrogen-bond acceptors (Lipinski definition) is 4. The molecule has 0 unspecified atom stereocenters. The molecule has 2 heterocycles. The first-order valence-electron chi connectivity index (χ1n) is 4.87. The summed E-state index contributed by atoms with van der Waals surface area (Å²) in [6, 6.07) is 0. The van der Waals surface area contributed by atoms with Gasteiger partial charge < -0.3 is 0 Å². The lowest BCUT2D eigenvalue weighted by atomic mass is 9.87. The van der Waals surface area contributed by atoms with E-state index < -0.39 is 0 Å². The highest BCUT2D eigenvalue weighted by Crippen LogP contribution is 2.37. The van der Waals surface area contributed by atoms with Gasteiger partial charge in [-0.3, -0.25) is 9.59 Å². The van der Waals surface area contributed by atoms with E-state index in [-0.39, 0.29) is 11.6 Å². The summed E-state index contributed by atoms with van der Waals surface area (Å²) in [7, 11) is 0. The zero-order valence-electron chi connectivity index (χ0n) is 8.79. The van der Waals surface area contributed by atoms with Crippen molar-refractivity contribution < 1.29 is 9.59 Å². The molecule has 0 saturated carbocycles. The quantitative estimate of drug-likeness (QED) is 0.612. The smallest absolute Gasteiger partial charge is 0.196 e. The first-order chi connectivity index (χ1) is 7.61. The van der Waals surface area contributed by atoms with E-state index in [0.717, 1.165) is 9.75 Å². The lowest BCUT2D eigenvalue weighted by Crippen LogP contribution is -2.18. The fraction of sp³-hybridized carbons (Fsp3) is 0.167. The molecule has 1 aliphatic carbocycles. The van der Waals surface area contributed by atoms with Gasteiger partial charge in [-0.1, -0.05) is 0 Å². The van der Waals surface area contributed by atoms with Crippen molar-refractivity contribution in [1.82, 2.24) is 0 Å². The largest absolute Gasteiger partial charge is 0.288 e. The van der Waals surface area contributed by atoms with Crippen molar-refractivity contribution in [3.05, 3.63) is 42.8 Å². The molecular formula is C12H8O2S2. The van der Waals surface area contributed by atoms with Crippen LogP contribution in [0.3, 0.4) is 0 Å². The van der Waals surface area contributed by atoms with Crippen LogP contribution in [0.1, 0.15) is 41.6 Å². The van der Waals surface area contributed by atoms with Gasteiger partial charge in [-0.15, -0.1) is 11.3 Å². The zero-order valence-corrected chi connectivity index (χ0v) is 10.4. The van der Waals surface area contributed by atoms with Gasteiger partial charge >= 0.3 is 0 Å². The average molecular weight is 248 g/mol. The van der Waals surface area contributed by atoms with Crippen LogP contribution in [-0.2, 0) is 0 Å². The summed E-state index contributed by atoms with van der Waals surface area (Å²) in [5.41, 5.74) is 2.39. The van der Waals surface area contributed by atoms with Gasteiger partial charge in [-0.2, -0.15) is 11.3 Å². The van der Waals surface area contributed by atoms with Crippen molar-refractivity contribution in [2.75, 3.05) is 0 Å². The second-order valence-corrected chi connectivity index (χ2v) is 5.99. The molecule has 1 aliphatic rings. The Labute approximate surface area is 101 Å². The Morgan fingerprint density at radius 3 is 1.75 bits per heavy atom. The molecule has 0 aliphatic heterocycles. The van der Waals surface area contributed by atoms with Gasteiger partial charge in [-0.05, 0) is 13.8 Å². The van der Waals surface area contributed by atoms with Crippen molar-refractivity contribution in [2.24, 2.45) is 0 Å². The zero-order chi connectivity index (χ0) is 11.4. The number of aryl methyl sites for hydroxylation is 2. The van der Waals surface area contributed by atoms with E-state index in [1.54, 1.807) is 10.8 Å². The van der Waals surface area contributed by atoms with Crippen molar-refractivity contribution in [2.45, 2.75) is 13.8 Å². The van der Waals surface area contributed by atoms with E-state index in [9.17, 15) is 9.59 Å². The summed E-state index contributed by atoms with van der Waals surface area (Å²) < 4.78 is 0. The minimum Gasteiger partial charge on any atom is -0.288 e. The molecule has 0 N–H and O–H groups in total. The van der Waals surface area contributed by atoms with E-state index in [2.05, 4.69) is 0 Å². The predicted molar refractivity (Wildman–Crippen MR) is 65.0 cm³/mol. The average Bonchev–Trinajstić information content (AvgIpc) is 2.80. The van der Waals surface area contributed by atoms with Crippen LogP contribution >= 0.6 is 22.7 Å². The lowest BCUT2D eigenvalue weighted by molar-refractivity contribution is 0.0980. The highest BCUT2D eigenvalue weighted by atomic mass is 32.1. The van der Waals surface area contributed by atoms with Crippen LogP contribution in [0.15, 0.2) is 10.8 Å². The number of fused-ring (bicyclic) bond motifs is 2. The molecule has 0 aromatic carbocycles. The fourth-order valence-electron chi connectivity index (χ4n) is 2.15. The minimum atomic E-state index is 0.00713. The van der Waals surface area contributed by atoms with Gasteiger partial charge in [-0.25, -0.2) is 0 Å². The summed E-state index contributed by atoms with van der Waals surface area (Å²) in [6.07, 6.45) is 0. The maximum Gasteiger partial charge on any atom is 0.196 e. The molecule has 2 aromatic rings. The number of carbonyl (C=O) groups is 2. The van der Waals surface area contributed by atoms with Crippen molar-refractivity contribution >= 4 is 34.2 Å². The van der Waals surface area contributed by atoms with Gasteiger partial charge in [0, 0.05) is 42.8 Å². The van der Waals surface area contributed by atoms with E-state index in [1.165, 1.54) is 22.7 Å². The molecule has 80 valence electrons. The molecular weight excluding hydrogens is 240 g/mol. The monoisotopic (exact) mass is 248 g/mol. The predicted octanol–water partition coefficient (Wildman–Crippen LogP) is 3.20. The Morgan fingerprint density at radius 2 is 1.31 bits per heavy atom. The molecule has 0 radical (unpaired) electrons. The van der Waals surface area contributed by atoms with Crippen LogP contribution in [0.25, 0.3) is 0 Å². The number of carbonyl (C=O) groups excluding carboxylic acids is 2. The third-order valence-electron chi connectivity index (χ3n) is 2.87. The number of thiophene rings is 2. The minimum absolute atomic E-state index is 0.00713. The SMILES string of the molecule is Cc1sc(C)c2c1C(=O)c1cscc1C2=O. The van der Waals surface area contributed by atoms with E-state index in [4.69, 9.17) is 0 Å². The Balaban J connectivity index is 2.40. The second kappa shape index (κ2) is 3.12. The molecule has 0 atom stereocenters. The van der Waals surface area contributed by atoms with Crippen LogP contribution in [0, 0.1) is 13.8 Å². The Hall–Kier alpha value is -1.26. The summed E-state index contributed by atoms with van der Waals surface area (Å²) in [6.45, 7) is 3.80. The van der Waals surface area contributed by atoms with E-state index in [1.807, 2.05) is 13.8 Å². The molecule has 0 fully saturated rings. The molecule has 2 nitrogen and oxygen atoms in total. The second-order valence-electron chi connectivity index (χ2n) is 3.82. The highest BCUT2D eigenvalue weighted by Gasteiger charge is 2.34. The van der Waals surface area contributed by atoms with Gasteiger partial charge in [0.25, 0.3) is 0 Å². The lowest BCUT2D eigenvalue weighted by Gasteiger charge is -2.11. The summed E-state index contributed by atoms with van der Waals surface area (Å²) >= 11 is 2.94. The molecule has 3 rings (SSSR count). The number of hydrogen-bond donors (Lipinski definition) is 0. The summed E-state index contributed by atoms with van der Waals surface area (Å²) in [4.78, 5) is 26.3. The molecule has 4 heteroatoms. The molecule has 0 saturated heterocycles. The normalized spacial score (nSPS) is 13.9. The van der Waals surface area contributed by atoms with Crippen LogP contribution in [0.2, 0.25) is 0 Å². The third kappa shape index (κ3) is 1.06. The summed E-state index contributed by atoms with van der Waals surface area (Å²) in [5, 5.41) is 3.54. The van der Waals surface area contributed by atoms with Gasteiger partial charge in [0.2, 0.25) is 0 Å². The van der Waals surface area contributed by atoms with Gasteiger partial charge in [0.1, 0.15) is 0 Å². The maximum atomic E-state index is 12.2. The van der Waals surface area contributed by atoms with Crippen LogP contribution in [0.4, 0.5) is 0 Å². The van der Waals surface area contributed by atoms with Crippen molar-refractivity contribution in [3.8, 4) is 0 Å². The highest BCUT2D eigenvalue weighted by molar-refractivity contribution is 7.13. The Bertz CT molecular complexity index is 580.